The van der Waals surface area contributed by atoms with E-state index in [4.69, 9.17) is 4.74 Å². The number of nitrogens with one attached hydrogen (secondary N) is 2. The predicted molar refractivity (Wildman–Crippen MR) is 95.0 cm³/mol. The molecule has 0 radical (unpaired) electrons. The summed E-state index contributed by atoms with van der Waals surface area (Å²) < 4.78 is 6.93. The highest BCUT2D eigenvalue weighted by Gasteiger charge is 2.09. The Bertz CT molecular complexity index is 882. The van der Waals surface area contributed by atoms with Gasteiger partial charge in [0, 0.05) is 35.9 Å². The fourth-order valence-corrected chi connectivity index (χ4v) is 2.66. The number of carbonyl (C=O) groups excluding carboxylic acids is 1. The highest BCUT2D eigenvalue weighted by molar-refractivity contribution is 7.98. The summed E-state index contributed by atoms with van der Waals surface area (Å²) in [5, 5.41) is 0.848. The number of aromatic nitrogens is 4. The lowest BCUT2D eigenvalue weighted by Crippen LogP contribution is -2.30. The number of nitrogens with zero attached hydrogens (tertiary/aromatic N) is 4. The minimum Gasteiger partial charge on any atom is -0.481 e. The smallest absolute Gasteiger partial charge is 0.269 e. The van der Waals surface area contributed by atoms with Crippen LogP contribution in [0.15, 0.2) is 54.1 Å². The number of benzene rings is 1. The molecule has 2 N–H and O–H groups in total. The van der Waals surface area contributed by atoms with Gasteiger partial charge in [0.15, 0.2) is 5.16 Å². The van der Waals surface area contributed by atoms with E-state index in [0.29, 0.717) is 11.4 Å². The molecule has 2 heterocycles. The fraction of sp³-hybridized carbons (Fsp3) is 0.125. The number of thioether (sulfide) groups is 1. The van der Waals surface area contributed by atoms with Crippen molar-refractivity contribution in [3.63, 3.8) is 0 Å². The van der Waals surface area contributed by atoms with Gasteiger partial charge in [-0.2, -0.15) is 4.98 Å². The van der Waals surface area contributed by atoms with Gasteiger partial charge in [-0.25, -0.2) is 9.97 Å². The first-order valence-corrected chi connectivity index (χ1v) is 8.55. The zero-order valence-corrected chi connectivity index (χ0v) is 14.4. The van der Waals surface area contributed by atoms with Crippen molar-refractivity contribution in [2.75, 3.05) is 18.8 Å². The van der Waals surface area contributed by atoms with Crippen LogP contribution < -0.4 is 15.6 Å². The largest absolute Gasteiger partial charge is 0.481 e. The summed E-state index contributed by atoms with van der Waals surface area (Å²) in [6, 6.07) is 8.85. The number of hydrogen-bond donors (Lipinski definition) is 2. The molecule has 8 nitrogen and oxygen atoms in total. The van der Waals surface area contributed by atoms with Gasteiger partial charge in [-0.15, -0.1) is 0 Å². The van der Waals surface area contributed by atoms with Crippen LogP contribution in [0.3, 0.4) is 0 Å². The van der Waals surface area contributed by atoms with Gasteiger partial charge in [-0.05, 0) is 24.5 Å². The molecule has 0 aliphatic heterocycles. The van der Waals surface area contributed by atoms with Crippen molar-refractivity contribution in [3.8, 4) is 11.6 Å². The van der Waals surface area contributed by atoms with Crippen LogP contribution in [0.1, 0.15) is 10.4 Å². The van der Waals surface area contributed by atoms with Crippen molar-refractivity contribution in [3.05, 3.63) is 54.5 Å². The third kappa shape index (κ3) is 3.89. The number of hydrazine groups is 1. The summed E-state index contributed by atoms with van der Waals surface area (Å²) in [5.74, 6) is 0.334. The summed E-state index contributed by atoms with van der Waals surface area (Å²) >= 11 is 1.53. The number of carbonyl (C=O) groups is 1. The summed E-state index contributed by atoms with van der Waals surface area (Å²) in [7, 11) is 1.51. The van der Waals surface area contributed by atoms with E-state index >= 15 is 0 Å². The van der Waals surface area contributed by atoms with Crippen LogP contribution in [0.5, 0.6) is 5.88 Å². The standard InChI is InChI=1S/C16H16N6O2S/c1-24-13-6-7-17-15(19-13)21-20-14(23)11-4-3-5-12(10-11)22-9-8-18-16(22)25-2/h3-10H,1-2H3,(H,20,23)(H,17,19,21). The van der Waals surface area contributed by atoms with E-state index in [1.165, 1.54) is 25.1 Å². The molecule has 0 bridgehead atoms. The molecule has 128 valence electrons. The van der Waals surface area contributed by atoms with E-state index in [-0.39, 0.29) is 11.9 Å². The second-order valence-corrected chi connectivity index (χ2v) is 5.61. The van der Waals surface area contributed by atoms with Crippen molar-refractivity contribution >= 4 is 23.6 Å². The highest BCUT2D eigenvalue weighted by Crippen LogP contribution is 2.19. The first-order valence-electron chi connectivity index (χ1n) is 7.32. The monoisotopic (exact) mass is 356 g/mol. The Morgan fingerprint density at radius 2 is 2.12 bits per heavy atom. The molecule has 0 atom stereocenters. The first kappa shape index (κ1) is 16.8. The minimum absolute atomic E-state index is 0.239. The SMILES string of the molecule is COc1ccnc(NNC(=O)c2cccc(-n3ccnc3SC)c2)n1. The Morgan fingerprint density at radius 3 is 2.92 bits per heavy atom. The summed E-state index contributed by atoms with van der Waals surface area (Å²) in [6.45, 7) is 0. The van der Waals surface area contributed by atoms with Gasteiger partial charge < -0.3 is 4.74 Å². The first-order chi connectivity index (χ1) is 12.2. The zero-order valence-electron chi connectivity index (χ0n) is 13.6. The summed E-state index contributed by atoms with van der Waals surface area (Å²) in [4.78, 5) is 24.7. The van der Waals surface area contributed by atoms with E-state index in [0.717, 1.165) is 10.8 Å². The van der Waals surface area contributed by atoms with Gasteiger partial charge in [0.05, 0.1) is 7.11 Å². The molecule has 0 aliphatic rings. The molecule has 0 fully saturated rings. The van der Waals surface area contributed by atoms with Gasteiger partial charge in [0.2, 0.25) is 11.8 Å². The number of amides is 1. The van der Waals surface area contributed by atoms with E-state index in [1.54, 1.807) is 24.4 Å². The van der Waals surface area contributed by atoms with Crippen LogP contribution in [0.25, 0.3) is 5.69 Å². The number of rotatable bonds is 6. The molecule has 0 unspecified atom stereocenters. The van der Waals surface area contributed by atoms with E-state index in [1.807, 2.05) is 29.2 Å². The molecule has 0 saturated heterocycles. The zero-order chi connectivity index (χ0) is 17.6. The molecule has 1 aromatic carbocycles. The second kappa shape index (κ2) is 7.67. The maximum atomic E-state index is 12.4. The Kier molecular flexibility index (Phi) is 5.14. The molecule has 3 aromatic rings. The van der Waals surface area contributed by atoms with Gasteiger partial charge in [0.25, 0.3) is 5.91 Å². The second-order valence-electron chi connectivity index (χ2n) is 4.84. The molecule has 0 spiro atoms. The Hall–Kier alpha value is -3.07. The van der Waals surface area contributed by atoms with E-state index < -0.39 is 0 Å². The lowest BCUT2D eigenvalue weighted by atomic mass is 10.2. The van der Waals surface area contributed by atoms with Crippen LogP contribution in [0.4, 0.5) is 5.95 Å². The molecule has 3 rings (SSSR count). The Balaban J connectivity index is 1.73. The van der Waals surface area contributed by atoms with Crippen LogP contribution in [-0.2, 0) is 0 Å². The fourth-order valence-electron chi connectivity index (χ4n) is 2.14. The molecule has 0 aliphatic carbocycles. The average Bonchev–Trinajstić information content (AvgIpc) is 3.15. The molecular weight excluding hydrogens is 340 g/mol. The van der Waals surface area contributed by atoms with Gasteiger partial charge in [-0.3, -0.25) is 20.2 Å². The van der Waals surface area contributed by atoms with Gasteiger partial charge >= 0.3 is 0 Å². The Morgan fingerprint density at radius 1 is 1.24 bits per heavy atom. The lowest BCUT2D eigenvalue weighted by molar-refractivity contribution is 0.0962. The lowest BCUT2D eigenvalue weighted by Gasteiger charge is -2.10. The number of imidazole rings is 1. The minimum atomic E-state index is -0.306. The topological polar surface area (TPSA) is 94.0 Å². The van der Waals surface area contributed by atoms with Crippen LogP contribution in [0.2, 0.25) is 0 Å². The van der Waals surface area contributed by atoms with Gasteiger partial charge in [-0.1, -0.05) is 17.8 Å². The number of anilines is 1. The predicted octanol–water partition coefficient (Wildman–Crippen LogP) is 2.15. The van der Waals surface area contributed by atoms with Gasteiger partial charge in [0.1, 0.15) is 0 Å². The van der Waals surface area contributed by atoms with Crippen LogP contribution in [0, 0.1) is 0 Å². The van der Waals surface area contributed by atoms with Crippen molar-refractivity contribution in [1.29, 1.82) is 0 Å². The molecular formula is C16H16N6O2S. The molecule has 9 heteroatoms. The van der Waals surface area contributed by atoms with Crippen molar-refractivity contribution in [2.45, 2.75) is 5.16 Å². The summed E-state index contributed by atoms with van der Waals surface area (Å²) in [5.41, 5.74) is 6.59. The normalized spacial score (nSPS) is 10.3. The third-order valence-corrected chi connectivity index (χ3v) is 3.97. The van der Waals surface area contributed by atoms with Crippen molar-refractivity contribution in [2.24, 2.45) is 0 Å². The van der Waals surface area contributed by atoms with Crippen LogP contribution >= 0.6 is 11.8 Å². The Labute approximate surface area is 148 Å². The highest BCUT2D eigenvalue weighted by atomic mass is 32.2. The molecule has 25 heavy (non-hydrogen) atoms. The van der Waals surface area contributed by atoms with Crippen LogP contribution in [-0.4, -0.2) is 38.8 Å². The van der Waals surface area contributed by atoms with Crippen molar-refractivity contribution < 1.29 is 9.53 Å². The van der Waals surface area contributed by atoms with E-state index in [9.17, 15) is 4.79 Å². The quantitative estimate of drug-likeness (QED) is 0.516. The number of ether oxygens (including phenoxy) is 1. The summed E-state index contributed by atoms with van der Waals surface area (Å²) in [6.07, 6.45) is 7.06. The maximum absolute atomic E-state index is 12.4. The molecule has 0 saturated carbocycles. The average molecular weight is 356 g/mol. The molecule has 2 aromatic heterocycles. The number of hydrogen-bond acceptors (Lipinski definition) is 7. The molecule has 1 amide bonds. The van der Waals surface area contributed by atoms with E-state index in [2.05, 4.69) is 25.8 Å². The number of methoxy groups -OCH3 is 1. The maximum Gasteiger partial charge on any atom is 0.269 e. The third-order valence-electron chi connectivity index (χ3n) is 3.30. The van der Waals surface area contributed by atoms with Crippen molar-refractivity contribution in [1.82, 2.24) is 24.9 Å².